The van der Waals surface area contributed by atoms with Crippen LogP contribution in [-0.2, 0) is 13.2 Å². The lowest BCUT2D eigenvalue weighted by molar-refractivity contribution is 0.102. The summed E-state index contributed by atoms with van der Waals surface area (Å²) in [6.45, 7) is 0.932. The van der Waals surface area contributed by atoms with Gasteiger partial charge in [-0.05, 0) is 41.3 Å². The quantitative estimate of drug-likeness (QED) is 0.371. The fraction of sp³-hybridized carbons (Fsp3) is 0.136. The number of hydrogen-bond donors (Lipinski definition) is 1. The SMILES string of the molecule is O=C(Nc1ncn(Cc2ccc(Cl)cc2Cl)n1)c1cc(COc2ccc3c(c2)OCO3)cs1. The van der Waals surface area contributed by atoms with Crippen molar-refractivity contribution in [3.63, 3.8) is 0 Å². The molecule has 0 saturated carbocycles. The molecular formula is C22H16Cl2N4O4S. The molecule has 5 rings (SSSR count). The van der Waals surface area contributed by atoms with Crippen molar-refractivity contribution in [2.75, 3.05) is 12.1 Å². The number of benzene rings is 2. The standard InChI is InChI=1S/C22H16Cl2N4O4S/c23-15-2-1-14(17(24)6-15)8-28-11-25-22(27-28)26-21(29)20-5-13(10-33-20)9-30-16-3-4-18-19(7-16)32-12-31-18/h1-7,10-11H,8-9,12H2,(H,26,27,29). The van der Waals surface area contributed by atoms with E-state index in [2.05, 4.69) is 15.4 Å². The summed E-state index contributed by atoms with van der Waals surface area (Å²) in [6.07, 6.45) is 1.53. The van der Waals surface area contributed by atoms with E-state index in [4.69, 9.17) is 37.4 Å². The second-order valence-electron chi connectivity index (χ2n) is 7.08. The molecule has 2 aromatic carbocycles. The Morgan fingerprint density at radius 2 is 2.03 bits per heavy atom. The molecule has 3 heterocycles. The van der Waals surface area contributed by atoms with E-state index in [1.807, 2.05) is 17.5 Å². The van der Waals surface area contributed by atoms with Gasteiger partial charge in [0.1, 0.15) is 18.7 Å². The fourth-order valence-electron chi connectivity index (χ4n) is 3.12. The minimum absolute atomic E-state index is 0.205. The Hall–Kier alpha value is -3.27. The first-order chi connectivity index (χ1) is 16.0. The van der Waals surface area contributed by atoms with Crippen molar-refractivity contribution >= 4 is 46.4 Å². The van der Waals surface area contributed by atoms with Crippen LogP contribution in [0.25, 0.3) is 0 Å². The third-order valence-electron chi connectivity index (χ3n) is 4.74. The molecule has 0 radical (unpaired) electrons. The molecule has 168 valence electrons. The number of rotatable bonds is 7. The molecule has 2 aromatic heterocycles. The molecule has 11 heteroatoms. The number of amides is 1. The molecule has 0 aliphatic carbocycles. The van der Waals surface area contributed by atoms with Crippen molar-refractivity contribution in [2.24, 2.45) is 0 Å². The molecule has 1 aliphatic rings. The summed E-state index contributed by atoms with van der Waals surface area (Å²) in [5, 5.41) is 9.97. The van der Waals surface area contributed by atoms with Gasteiger partial charge in [0.15, 0.2) is 11.5 Å². The molecule has 0 atom stereocenters. The largest absolute Gasteiger partial charge is 0.489 e. The summed E-state index contributed by atoms with van der Waals surface area (Å²) >= 11 is 13.5. The first-order valence-electron chi connectivity index (χ1n) is 9.78. The van der Waals surface area contributed by atoms with E-state index in [9.17, 15) is 4.79 Å². The minimum Gasteiger partial charge on any atom is -0.489 e. The Kier molecular flexibility index (Phi) is 6.08. The van der Waals surface area contributed by atoms with E-state index in [0.29, 0.717) is 45.3 Å². The summed E-state index contributed by atoms with van der Waals surface area (Å²) in [4.78, 5) is 17.3. The van der Waals surface area contributed by atoms with Gasteiger partial charge in [-0.25, -0.2) is 9.67 Å². The molecule has 1 N–H and O–H groups in total. The summed E-state index contributed by atoms with van der Waals surface area (Å²) in [5.74, 6) is 1.92. The van der Waals surface area contributed by atoms with Crippen LogP contribution in [0, 0.1) is 0 Å². The van der Waals surface area contributed by atoms with Crippen molar-refractivity contribution in [1.82, 2.24) is 14.8 Å². The number of ether oxygens (including phenoxy) is 3. The molecule has 33 heavy (non-hydrogen) atoms. The van der Waals surface area contributed by atoms with Gasteiger partial charge in [-0.1, -0.05) is 29.3 Å². The van der Waals surface area contributed by atoms with Gasteiger partial charge in [0.2, 0.25) is 12.7 Å². The lowest BCUT2D eigenvalue weighted by Crippen LogP contribution is -2.12. The number of carbonyl (C=O) groups is 1. The van der Waals surface area contributed by atoms with Crippen molar-refractivity contribution < 1.29 is 19.0 Å². The van der Waals surface area contributed by atoms with Crippen LogP contribution >= 0.6 is 34.5 Å². The highest BCUT2D eigenvalue weighted by molar-refractivity contribution is 7.12. The molecule has 1 aliphatic heterocycles. The third kappa shape index (κ3) is 5.05. The highest BCUT2D eigenvalue weighted by atomic mass is 35.5. The number of nitrogens with one attached hydrogen (secondary N) is 1. The number of halogens is 2. The molecular weight excluding hydrogens is 487 g/mol. The van der Waals surface area contributed by atoms with Crippen molar-refractivity contribution in [3.05, 3.63) is 80.2 Å². The van der Waals surface area contributed by atoms with E-state index in [1.54, 1.807) is 35.0 Å². The Balaban J connectivity index is 1.17. The normalized spacial score (nSPS) is 12.1. The highest BCUT2D eigenvalue weighted by Gasteiger charge is 2.15. The maximum absolute atomic E-state index is 12.6. The molecule has 0 fully saturated rings. The average Bonchev–Trinajstić information content (AvgIpc) is 3.55. The Morgan fingerprint density at radius 1 is 1.15 bits per heavy atom. The number of aromatic nitrogens is 3. The van der Waals surface area contributed by atoms with Crippen molar-refractivity contribution in [2.45, 2.75) is 13.2 Å². The fourth-order valence-corrected chi connectivity index (χ4v) is 4.38. The van der Waals surface area contributed by atoms with Crippen LogP contribution in [-0.4, -0.2) is 27.5 Å². The number of carbonyl (C=O) groups excluding carboxylic acids is 1. The number of thiophene rings is 1. The molecule has 4 aromatic rings. The van der Waals surface area contributed by atoms with Crippen molar-refractivity contribution in [1.29, 1.82) is 0 Å². The maximum Gasteiger partial charge on any atom is 0.268 e. The average molecular weight is 503 g/mol. The van der Waals surface area contributed by atoms with Gasteiger partial charge in [-0.2, -0.15) is 0 Å². The lowest BCUT2D eigenvalue weighted by Gasteiger charge is -2.05. The second kappa shape index (κ2) is 9.30. The summed E-state index contributed by atoms with van der Waals surface area (Å²) in [6, 6.07) is 12.4. The molecule has 0 bridgehead atoms. The first-order valence-corrected chi connectivity index (χ1v) is 11.4. The highest BCUT2D eigenvalue weighted by Crippen LogP contribution is 2.35. The van der Waals surface area contributed by atoms with E-state index in [0.717, 1.165) is 11.1 Å². The zero-order valence-electron chi connectivity index (χ0n) is 17.0. The van der Waals surface area contributed by atoms with Gasteiger partial charge in [0.05, 0.1) is 11.4 Å². The van der Waals surface area contributed by atoms with Gasteiger partial charge in [0, 0.05) is 21.7 Å². The minimum atomic E-state index is -0.295. The van der Waals surface area contributed by atoms with Crippen LogP contribution in [0.2, 0.25) is 10.0 Å². The predicted molar refractivity (Wildman–Crippen MR) is 125 cm³/mol. The summed E-state index contributed by atoms with van der Waals surface area (Å²) in [7, 11) is 0. The van der Waals surface area contributed by atoms with Gasteiger partial charge in [-0.15, -0.1) is 16.4 Å². The van der Waals surface area contributed by atoms with Crippen LogP contribution in [0.1, 0.15) is 20.8 Å². The topological polar surface area (TPSA) is 87.5 Å². The lowest BCUT2D eigenvalue weighted by atomic mass is 10.2. The van der Waals surface area contributed by atoms with E-state index < -0.39 is 0 Å². The van der Waals surface area contributed by atoms with Crippen LogP contribution in [0.3, 0.4) is 0 Å². The smallest absolute Gasteiger partial charge is 0.268 e. The van der Waals surface area contributed by atoms with E-state index >= 15 is 0 Å². The zero-order chi connectivity index (χ0) is 22.8. The van der Waals surface area contributed by atoms with Crippen molar-refractivity contribution in [3.8, 4) is 17.2 Å². The van der Waals surface area contributed by atoms with Crippen LogP contribution in [0.15, 0.2) is 54.2 Å². The number of fused-ring (bicyclic) bond motifs is 1. The Morgan fingerprint density at radius 3 is 2.91 bits per heavy atom. The van der Waals surface area contributed by atoms with Gasteiger partial charge < -0.3 is 14.2 Å². The van der Waals surface area contributed by atoms with Gasteiger partial charge >= 0.3 is 0 Å². The monoisotopic (exact) mass is 502 g/mol. The molecule has 0 spiro atoms. The number of nitrogens with zero attached hydrogens (tertiary/aromatic N) is 3. The number of anilines is 1. The summed E-state index contributed by atoms with van der Waals surface area (Å²) in [5.41, 5.74) is 1.72. The molecule has 0 unspecified atom stereocenters. The number of hydrogen-bond acceptors (Lipinski definition) is 7. The summed E-state index contributed by atoms with van der Waals surface area (Å²) < 4.78 is 18.0. The third-order valence-corrected chi connectivity index (χ3v) is 6.30. The van der Waals surface area contributed by atoms with Crippen LogP contribution in [0.5, 0.6) is 17.2 Å². The van der Waals surface area contributed by atoms with Crippen LogP contribution < -0.4 is 19.5 Å². The molecule has 1 amide bonds. The predicted octanol–water partition coefficient (Wildman–Crippen LogP) is 5.25. The molecule has 0 saturated heterocycles. The van der Waals surface area contributed by atoms with Crippen LogP contribution in [0.4, 0.5) is 5.95 Å². The zero-order valence-corrected chi connectivity index (χ0v) is 19.3. The Bertz CT molecular complexity index is 1320. The first kappa shape index (κ1) is 21.6. The van der Waals surface area contributed by atoms with E-state index in [-0.39, 0.29) is 18.6 Å². The van der Waals surface area contributed by atoms with Gasteiger partial charge in [-0.3, -0.25) is 10.1 Å². The maximum atomic E-state index is 12.6. The Labute approximate surface area is 202 Å². The van der Waals surface area contributed by atoms with Gasteiger partial charge in [0.25, 0.3) is 5.91 Å². The second-order valence-corrected chi connectivity index (χ2v) is 8.83. The molecule has 8 nitrogen and oxygen atoms in total. The van der Waals surface area contributed by atoms with E-state index in [1.165, 1.54) is 17.7 Å².